The number of hydrogen-bond donors (Lipinski definition) is 0. The number of aldehydes is 1. The Labute approximate surface area is 130 Å². The van der Waals surface area contributed by atoms with Gasteiger partial charge in [0.25, 0.3) is 0 Å². The Morgan fingerprint density at radius 1 is 1.38 bits per heavy atom. The molecule has 0 saturated carbocycles. The maximum Gasteiger partial charge on any atom is 0.411 e. The molecule has 0 fully saturated rings. The molecule has 1 atom stereocenters. The summed E-state index contributed by atoms with van der Waals surface area (Å²) in [5, 5.41) is 0.368. The number of aromatic nitrogens is 1. The second kappa shape index (κ2) is 6.02. The average Bonchev–Trinajstić information content (AvgIpc) is 2.38. The summed E-state index contributed by atoms with van der Waals surface area (Å²) in [4.78, 5) is 29.1. The summed E-state index contributed by atoms with van der Waals surface area (Å²) in [6.45, 7) is 8.73. The number of carbonyl (C=O) groups is 2. The molecule has 0 aliphatic heterocycles. The van der Waals surface area contributed by atoms with Crippen LogP contribution in [0.3, 0.4) is 0 Å². The lowest BCUT2D eigenvalue weighted by Gasteiger charge is -2.35. The lowest BCUT2D eigenvalue weighted by Crippen LogP contribution is -2.48. The van der Waals surface area contributed by atoms with E-state index in [-0.39, 0.29) is 0 Å². The van der Waals surface area contributed by atoms with Gasteiger partial charge in [0, 0.05) is 18.8 Å². The van der Waals surface area contributed by atoms with Crippen molar-refractivity contribution in [1.29, 1.82) is 0 Å². The summed E-state index contributed by atoms with van der Waals surface area (Å²) >= 11 is 5.90. The number of pyridine rings is 1. The fraction of sp³-hybridized carbons (Fsp3) is 0.533. The lowest BCUT2D eigenvalue weighted by atomic mass is 9.93. The molecule has 0 saturated heterocycles. The lowest BCUT2D eigenvalue weighted by molar-refractivity contribution is -0.117. The zero-order valence-electron chi connectivity index (χ0n) is 13.2. The van der Waals surface area contributed by atoms with Crippen molar-refractivity contribution in [2.75, 3.05) is 7.05 Å². The highest BCUT2D eigenvalue weighted by atomic mass is 35.5. The van der Waals surface area contributed by atoms with Gasteiger partial charge in [0.1, 0.15) is 22.6 Å². The average molecular weight is 313 g/mol. The van der Waals surface area contributed by atoms with Gasteiger partial charge in [-0.1, -0.05) is 11.6 Å². The topological polar surface area (TPSA) is 59.5 Å². The first-order valence-electron chi connectivity index (χ1n) is 6.57. The molecular formula is C15H21ClN2O3. The number of rotatable bonds is 3. The molecule has 0 spiro atoms. The standard InChI is InChI=1S/C15H21ClN2O3/c1-10-7-11(8-17-12(10)16)15(5,9-19)18(6)13(20)21-14(2,3)4/h7-9H,1-6H3. The molecule has 5 nitrogen and oxygen atoms in total. The molecule has 1 heterocycles. The van der Waals surface area contributed by atoms with E-state index in [0.29, 0.717) is 17.0 Å². The van der Waals surface area contributed by atoms with Crippen molar-refractivity contribution in [3.05, 3.63) is 28.5 Å². The molecule has 21 heavy (non-hydrogen) atoms. The predicted molar refractivity (Wildman–Crippen MR) is 81.4 cm³/mol. The van der Waals surface area contributed by atoms with Gasteiger partial charge in [-0.25, -0.2) is 9.78 Å². The summed E-state index contributed by atoms with van der Waals surface area (Å²) < 4.78 is 5.30. The van der Waals surface area contributed by atoms with Gasteiger partial charge in [-0.05, 0) is 46.2 Å². The molecular weight excluding hydrogens is 292 g/mol. The molecule has 0 N–H and O–H groups in total. The second-order valence-corrected chi connectivity index (χ2v) is 6.49. The summed E-state index contributed by atoms with van der Waals surface area (Å²) in [6.07, 6.45) is 1.61. The van der Waals surface area contributed by atoms with Crippen LogP contribution in [0, 0.1) is 6.92 Å². The summed E-state index contributed by atoms with van der Waals surface area (Å²) in [6, 6.07) is 1.74. The molecule has 0 aromatic carbocycles. The van der Waals surface area contributed by atoms with Crippen LogP contribution in [0.1, 0.15) is 38.8 Å². The number of hydrogen-bond acceptors (Lipinski definition) is 4. The summed E-state index contributed by atoms with van der Waals surface area (Å²) in [7, 11) is 1.52. The van der Waals surface area contributed by atoms with Crippen molar-refractivity contribution >= 4 is 24.0 Å². The Morgan fingerprint density at radius 2 is 1.95 bits per heavy atom. The fourth-order valence-electron chi connectivity index (χ4n) is 1.70. The molecule has 0 aliphatic carbocycles. The third-order valence-corrected chi connectivity index (χ3v) is 3.59. The van der Waals surface area contributed by atoms with Crippen LogP contribution in [0.4, 0.5) is 4.79 Å². The normalized spacial score (nSPS) is 14.2. The molecule has 116 valence electrons. The number of aryl methyl sites for hydroxylation is 1. The molecule has 1 unspecified atom stereocenters. The number of likely N-dealkylation sites (N-methyl/N-ethyl adjacent to an activating group) is 1. The van der Waals surface area contributed by atoms with E-state index in [4.69, 9.17) is 16.3 Å². The van der Waals surface area contributed by atoms with Crippen LogP contribution in [-0.4, -0.2) is 34.9 Å². The van der Waals surface area contributed by atoms with Crippen molar-refractivity contribution in [3.8, 4) is 0 Å². The van der Waals surface area contributed by atoms with Gasteiger partial charge in [-0.15, -0.1) is 0 Å². The van der Waals surface area contributed by atoms with E-state index >= 15 is 0 Å². The van der Waals surface area contributed by atoms with Crippen molar-refractivity contribution < 1.29 is 14.3 Å². The molecule has 1 aromatic rings. The first-order chi connectivity index (χ1) is 9.51. The van der Waals surface area contributed by atoms with E-state index in [1.807, 2.05) is 0 Å². The SMILES string of the molecule is Cc1cc(C(C)(C=O)N(C)C(=O)OC(C)(C)C)cnc1Cl. The number of ether oxygens (including phenoxy) is 1. The maximum absolute atomic E-state index is 12.2. The smallest absolute Gasteiger partial charge is 0.411 e. The van der Waals surface area contributed by atoms with E-state index in [1.165, 1.54) is 18.1 Å². The van der Waals surface area contributed by atoms with Gasteiger partial charge in [0.2, 0.25) is 0 Å². The molecule has 1 amide bonds. The summed E-state index contributed by atoms with van der Waals surface area (Å²) in [5.41, 5.74) is -0.499. The first-order valence-corrected chi connectivity index (χ1v) is 6.95. The fourth-order valence-corrected chi connectivity index (χ4v) is 1.80. The first kappa shape index (κ1) is 17.4. The Kier molecular flexibility index (Phi) is 4.99. The monoisotopic (exact) mass is 312 g/mol. The van der Waals surface area contributed by atoms with Crippen LogP contribution >= 0.6 is 11.6 Å². The molecule has 0 bridgehead atoms. The van der Waals surface area contributed by atoms with E-state index in [2.05, 4.69) is 4.98 Å². The highest BCUT2D eigenvalue weighted by molar-refractivity contribution is 6.30. The zero-order valence-corrected chi connectivity index (χ0v) is 14.0. The predicted octanol–water partition coefficient (Wildman–Crippen LogP) is 3.32. The molecule has 0 aliphatic rings. The van der Waals surface area contributed by atoms with Crippen LogP contribution in [0.2, 0.25) is 5.15 Å². The van der Waals surface area contributed by atoms with Crippen LogP contribution in [-0.2, 0) is 15.1 Å². The Bertz CT molecular complexity index is 554. The van der Waals surface area contributed by atoms with Gasteiger partial charge in [-0.3, -0.25) is 4.90 Å². The van der Waals surface area contributed by atoms with Gasteiger partial charge < -0.3 is 9.53 Å². The van der Waals surface area contributed by atoms with Crippen LogP contribution in [0.5, 0.6) is 0 Å². The minimum atomic E-state index is -1.18. The molecule has 6 heteroatoms. The van der Waals surface area contributed by atoms with Gasteiger partial charge in [0.15, 0.2) is 0 Å². The maximum atomic E-state index is 12.2. The Hall–Kier alpha value is -1.62. The van der Waals surface area contributed by atoms with Crippen molar-refractivity contribution in [1.82, 2.24) is 9.88 Å². The van der Waals surface area contributed by atoms with Crippen LogP contribution in [0.15, 0.2) is 12.3 Å². The van der Waals surface area contributed by atoms with Crippen molar-refractivity contribution in [2.45, 2.75) is 45.8 Å². The van der Waals surface area contributed by atoms with E-state index in [0.717, 1.165) is 5.56 Å². The van der Waals surface area contributed by atoms with E-state index < -0.39 is 17.2 Å². The Morgan fingerprint density at radius 3 is 2.38 bits per heavy atom. The number of halogens is 1. The highest BCUT2D eigenvalue weighted by Gasteiger charge is 2.37. The summed E-state index contributed by atoms with van der Waals surface area (Å²) in [5.74, 6) is 0. The molecule has 0 radical (unpaired) electrons. The zero-order chi connectivity index (χ0) is 16.4. The quantitative estimate of drug-likeness (QED) is 0.634. The van der Waals surface area contributed by atoms with Crippen LogP contribution < -0.4 is 0 Å². The van der Waals surface area contributed by atoms with Crippen LogP contribution in [0.25, 0.3) is 0 Å². The minimum absolute atomic E-state index is 0.368. The van der Waals surface area contributed by atoms with Gasteiger partial charge in [0.05, 0.1) is 0 Å². The second-order valence-electron chi connectivity index (χ2n) is 6.14. The van der Waals surface area contributed by atoms with Crippen molar-refractivity contribution in [3.63, 3.8) is 0 Å². The number of amides is 1. The molecule has 1 aromatic heterocycles. The number of carbonyl (C=O) groups excluding carboxylic acids is 2. The van der Waals surface area contributed by atoms with Crippen molar-refractivity contribution in [2.24, 2.45) is 0 Å². The van der Waals surface area contributed by atoms with Gasteiger partial charge in [-0.2, -0.15) is 0 Å². The number of nitrogens with zero attached hydrogens (tertiary/aromatic N) is 2. The highest BCUT2D eigenvalue weighted by Crippen LogP contribution is 2.28. The van der Waals surface area contributed by atoms with Gasteiger partial charge >= 0.3 is 6.09 Å². The largest absolute Gasteiger partial charge is 0.444 e. The third kappa shape index (κ3) is 3.94. The molecule has 1 rings (SSSR count). The van der Waals surface area contributed by atoms with E-state index in [9.17, 15) is 9.59 Å². The Balaban J connectivity index is 3.16. The third-order valence-electron chi connectivity index (χ3n) is 3.19. The minimum Gasteiger partial charge on any atom is -0.444 e. The van der Waals surface area contributed by atoms with E-state index in [1.54, 1.807) is 40.7 Å².